The largest absolute Gasteiger partial charge is 0.329 e. The lowest BCUT2D eigenvalue weighted by atomic mass is 10.2. The SMILES string of the molecule is CCCCCCCSc1nc2c(c(=O)[nH]c(=O)n2C)n1C. The third kappa shape index (κ3) is 3.40. The molecule has 116 valence electrons. The Morgan fingerprint density at radius 1 is 1.10 bits per heavy atom. The van der Waals surface area contributed by atoms with Crippen molar-refractivity contribution < 1.29 is 0 Å². The third-order valence-corrected chi connectivity index (χ3v) is 4.69. The zero-order chi connectivity index (χ0) is 15.4. The molecule has 0 aliphatic rings. The van der Waals surface area contributed by atoms with Gasteiger partial charge in [0, 0.05) is 19.8 Å². The molecule has 0 unspecified atom stereocenters. The fraction of sp³-hybridized carbons (Fsp3) is 0.643. The Bertz CT molecular complexity index is 729. The molecular formula is C14H22N4O2S. The van der Waals surface area contributed by atoms with Gasteiger partial charge in [-0.05, 0) is 6.42 Å². The molecule has 1 N–H and O–H groups in total. The molecule has 0 saturated carbocycles. The molecule has 6 nitrogen and oxygen atoms in total. The lowest BCUT2D eigenvalue weighted by molar-refractivity contribution is 0.658. The summed E-state index contributed by atoms with van der Waals surface area (Å²) in [7, 11) is 3.43. The van der Waals surface area contributed by atoms with Crippen LogP contribution in [0.5, 0.6) is 0 Å². The summed E-state index contributed by atoms with van der Waals surface area (Å²) in [6.07, 6.45) is 6.17. The molecule has 2 heterocycles. The highest BCUT2D eigenvalue weighted by Gasteiger charge is 2.14. The van der Waals surface area contributed by atoms with Crippen LogP contribution >= 0.6 is 11.8 Å². The second kappa shape index (κ2) is 6.98. The van der Waals surface area contributed by atoms with Crippen molar-refractivity contribution in [2.24, 2.45) is 14.1 Å². The highest BCUT2D eigenvalue weighted by atomic mass is 32.2. The summed E-state index contributed by atoms with van der Waals surface area (Å²) in [6.45, 7) is 2.20. The van der Waals surface area contributed by atoms with Crippen molar-refractivity contribution in [3.63, 3.8) is 0 Å². The standard InChI is InChI=1S/C14H22N4O2S/c1-4-5-6-7-8-9-21-14-15-11-10(17(14)2)12(19)16-13(20)18(11)3/h4-9H2,1-3H3,(H,16,19,20). The van der Waals surface area contributed by atoms with Gasteiger partial charge in [-0.15, -0.1) is 0 Å². The van der Waals surface area contributed by atoms with Crippen LogP contribution < -0.4 is 11.2 Å². The monoisotopic (exact) mass is 310 g/mol. The smallest absolute Gasteiger partial charge is 0.316 e. The van der Waals surface area contributed by atoms with Crippen molar-refractivity contribution in [2.75, 3.05) is 5.75 Å². The van der Waals surface area contributed by atoms with E-state index in [1.165, 1.54) is 30.3 Å². The summed E-state index contributed by atoms with van der Waals surface area (Å²) in [5, 5.41) is 0.784. The maximum absolute atomic E-state index is 11.9. The van der Waals surface area contributed by atoms with E-state index in [4.69, 9.17) is 0 Å². The molecule has 0 atom stereocenters. The van der Waals surface area contributed by atoms with Gasteiger partial charge in [0.15, 0.2) is 16.3 Å². The van der Waals surface area contributed by atoms with Gasteiger partial charge in [-0.1, -0.05) is 44.4 Å². The van der Waals surface area contributed by atoms with E-state index in [9.17, 15) is 9.59 Å². The van der Waals surface area contributed by atoms with E-state index >= 15 is 0 Å². The Kier molecular flexibility index (Phi) is 5.27. The molecule has 0 fully saturated rings. The summed E-state index contributed by atoms with van der Waals surface area (Å²) < 4.78 is 3.15. The maximum Gasteiger partial charge on any atom is 0.329 e. The first kappa shape index (κ1) is 15.9. The summed E-state index contributed by atoms with van der Waals surface area (Å²) in [5.74, 6) is 0.979. The third-order valence-electron chi connectivity index (χ3n) is 3.57. The van der Waals surface area contributed by atoms with Gasteiger partial charge in [-0.3, -0.25) is 14.3 Å². The molecule has 7 heteroatoms. The first-order valence-corrected chi connectivity index (χ1v) is 8.33. The molecule has 0 bridgehead atoms. The topological polar surface area (TPSA) is 72.7 Å². The molecule has 2 rings (SSSR count). The number of rotatable bonds is 7. The number of aromatic nitrogens is 4. The lowest BCUT2D eigenvalue weighted by Gasteiger charge is -2.01. The van der Waals surface area contributed by atoms with Crippen molar-refractivity contribution in [3.05, 3.63) is 20.8 Å². The van der Waals surface area contributed by atoms with Gasteiger partial charge in [-0.25, -0.2) is 9.78 Å². The molecule has 0 aliphatic heterocycles. The van der Waals surface area contributed by atoms with Gasteiger partial charge < -0.3 is 4.57 Å². The summed E-state index contributed by atoms with van der Waals surface area (Å²) in [5.41, 5.74) is 0.0879. The molecule has 0 aromatic carbocycles. The minimum Gasteiger partial charge on any atom is -0.316 e. The fourth-order valence-corrected chi connectivity index (χ4v) is 3.25. The predicted octanol–water partition coefficient (Wildman–Crippen LogP) is 2.02. The van der Waals surface area contributed by atoms with Gasteiger partial charge in [0.05, 0.1) is 0 Å². The number of nitrogens with one attached hydrogen (secondary N) is 1. The number of thioether (sulfide) groups is 1. The van der Waals surface area contributed by atoms with Crippen molar-refractivity contribution in [1.29, 1.82) is 0 Å². The van der Waals surface area contributed by atoms with Crippen molar-refractivity contribution in [2.45, 2.75) is 44.2 Å². The van der Waals surface area contributed by atoms with Gasteiger partial charge >= 0.3 is 5.69 Å². The fourth-order valence-electron chi connectivity index (χ4n) is 2.29. The first-order valence-electron chi connectivity index (χ1n) is 7.34. The molecular weight excluding hydrogens is 288 g/mol. The van der Waals surface area contributed by atoms with Crippen LogP contribution in [0.25, 0.3) is 11.2 Å². The van der Waals surface area contributed by atoms with Crippen LogP contribution in [0.2, 0.25) is 0 Å². The zero-order valence-corrected chi connectivity index (χ0v) is 13.6. The van der Waals surface area contributed by atoms with E-state index in [0.29, 0.717) is 11.2 Å². The predicted molar refractivity (Wildman–Crippen MR) is 86.1 cm³/mol. The number of hydrogen-bond acceptors (Lipinski definition) is 4. The summed E-state index contributed by atoms with van der Waals surface area (Å²) in [4.78, 5) is 30.2. The average molecular weight is 310 g/mol. The van der Waals surface area contributed by atoms with Crippen LogP contribution in [-0.2, 0) is 14.1 Å². The molecule has 0 amide bonds. The summed E-state index contributed by atoms with van der Waals surface area (Å²) in [6, 6.07) is 0. The van der Waals surface area contributed by atoms with Crippen molar-refractivity contribution in [1.82, 2.24) is 19.1 Å². The van der Waals surface area contributed by atoms with Gasteiger partial charge in [-0.2, -0.15) is 0 Å². The summed E-state index contributed by atoms with van der Waals surface area (Å²) >= 11 is 1.64. The van der Waals surface area contributed by atoms with Gasteiger partial charge in [0.25, 0.3) is 5.56 Å². The average Bonchev–Trinajstić information content (AvgIpc) is 2.78. The molecule has 0 aliphatic carbocycles. The highest BCUT2D eigenvalue weighted by Crippen LogP contribution is 2.21. The Labute approximate surface area is 127 Å². The minimum absolute atomic E-state index is 0.377. The van der Waals surface area contributed by atoms with Crippen LogP contribution in [-0.4, -0.2) is 24.9 Å². The molecule has 0 spiro atoms. The molecule has 21 heavy (non-hydrogen) atoms. The molecule has 2 aromatic heterocycles. The van der Waals surface area contributed by atoms with E-state index in [1.807, 2.05) is 7.05 Å². The Morgan fingerprint density at radius 3 is 2.52 bits per heavy atom. The normalized spacial score (nSPS) is 11.4. The van der Waals surface area contributed by atoms with Crippen LogP contribution in [0.4, 0.5) is 0 Å². The highest BCUT2D eigenvalue weighted by molar-refractivity contribution is 7.99. The van der Waals surface area contributed by atoms with Crippen LogP contribution in [0, 0.1) is 0 Å². The van der Waals surface area contributed by atoms with Crippen molar-refractivity contribution in [3.8, 4) is 0 Å². The zero-order valence-electron chi connectivity index (χ0n) is 12.8. The van der Waals surface area contributed by atoms with E-state index in [2.05, 4.69) is 16.9 Å². The second-order valence-corrected chi connectivity index (χ2v) is 6.27. The van der Waals surface area contributed by atoms with E-state index in [1.54, 1.807) is 23.4 Å². The number of imidazole rings is 1. The van der Waals surface area contributed by atoms with Crippen molar-refractivity contribution >= 4 is 22.9 Å². The van der Waals surface area contributed by atoms with E-state index in [-0.39, 0.29) is 5.56 Å². The lowest BCUT2D eigenvalue weighted by Crippen LogP contribution is -2.29. The van der Waals surface area contributed by atoms with Gasteiger partial charge in [0.1, 0.15) is 0 Å². The first-order chi connectivity index (χ1) is 10.1. The number of H-pyrrole nitrogens is 1. The Morgan fingerprint density at radius 2 is 1.81 bits per heavy atom. The molecule has 2 aromatic rings. The number of fused-ring (bicyclic) bond motifs is 1. The number of aryl methyl sites for hydroxylation is 2. The van der Waals surface area contributed by atoms with Crippen LogP contribution in [0.1, 0.15) is 39.0 Å². The van der Waals surface area contributed by atoms with E-state index < -0.39 is 5.69 Å². The molecule has 0 saturated heterocycles. The number of nitrogens with zero attached hydrogens (tertiary/aromatic N) is 3. The van der Waals surface area contributed by atoms with E-state index in [0.717, 1.165) is 17.3 Å². The van der Waals surface area contributed by atoms with Crippen LogP contribution in [0.3, 0.4) is 0 Å². The minimum atomic E-state index is -0.429. The van der Waals surface area contributed by atoms with Crippen LogP contribution in [0.15, 0.2) is 14.7 Å². The maximum atomic E-state index is 11.9. The molecule has 0 radical (unpaired) electrons. The second-order valence-electron chi connectivity index (χ2n) is 5.21. The number of aromatic amines is 1. The Balaban J connectivity index is 2.13. The number of unbranched alkanes of at least 4 members (excludes halogenated alkanes) is 4. The van der Waals surface area contributed by atoms with Gasteiger partial charge in [0.2, 0.25) is 0 Å². The number of hydrogen-bond donors (Lipinski definition) is 1. The Hall–Kier alpha value is -1.50. The quantitative estimate of drug-likeness (QED) is 0.627.